The zero-order valence-corrected chi connectivity index (χ0v) is 20.9. The van der Waals surface area contributed by atoms with E-state index in [-0.39, 0.29) is 17.7 Å². The summed E-state index contributed by atoms with van der Waals surface area (Å²) in [5.74, 6) is 1.13. The Kier molecular flexibility index (Phi) is 5.22. The van der Waals surface area contributed by atoms with Crippen molar-refractivity contribution in [2.45, 2.75) is 38.6 Å². The highest BCUT2D eigenvalue weighted by Crippen LogP contribution is 2.38. The summed E-state index contributed by atoms with van der Waals surface area (Å²) < 4.78 is 13.7. The van der Waals surface area contributed by atoms with Crippen molar-refractivity contribution in [2.75, 3.05) is 20.1 Å². The number of benzene rings is 1. The van der Waals surface area contributed by atoms with Crippen molar-refractivity contribution in [3.8, 4) is 11.5 Å². The number of carbonyl (C=O) groups excluding carboxylic acids is 3. The molecule has 3 aromatic heterocycles. The highest BCUT2D eigenvalue weighted by atomic mass is 16.5. The van der Waals surface area contributed by atoms with Gasteiger partial charge in [-0.2, -0.15) is 5.10 Å². The van der Waals surface area contributed by atoms with Crippen molar-refractivity contribution < 1.29 is 23.5 Å². The van der Waals surface area contributed by atoms with E-state index in [1.807, 2.05) is 6.92 Å². The molecule has 2 saturated heterocycles. The van der Waals surface area contributed by atoms with Gasteiger partial charge >= 0.3 is 0 Å². The van der Waals surface area contributed by atoms with Crippen LogP contribution < -0.4 is 15.4 Å². The van der Waals surface area contributed by atoms with Crippen LogP contribution in [0.5, 0.6) is 11.5 Å². The van der Waals surface area contributed by atoms with Gasteiger partial charge in [-0.3, -0.25) is 14.4 Å². The predicted molar refractivity (Wildman–Crippen MR) is 135 cm³/mol. The first-order valence-electron chi connectivity index (χ1n) is 12.3. The van der Waals surface area contributed by atoms with Crippen LogP contribution in [0, 0.1) is 13.8 Å². The third-order valence-corrected chi connectivity index (χ3v) is 7.62. The van der Waals surface area contributed by atoms with Crippen LogP contribution in [-0.2, 0) is 4.79 Å². The van der Waals surface area contributed by atoms with Gasteiger partial charge < -0.3 is 24.7 Å². The van der Waals surface area contributed by atoms with Gasteiger partial charge in [0.1, 0.15) is 28.1 Å². The first-order chi connectivity index (χ1) is 17.8. The molecule has 3 amide bonds. The van der Waals surface area contributed by atoms with Gasteiger partial charge in [0.15, 0.2) is 5.75 Å². The number of nitrogens with zero attached hydrogens (tertiary/aromatic N) is 3. The molecule has 10 heteroatoms. The molecule has 6 rings (SSSR count). The van der Waals surface area contributed by atoms with Gasteiger partial charge in [0.05, 0.1) is 17.3 Å². The van der Waals surface area contributed by atoms with Crippen LogP contribution in [-0.4, -0.2) is 57.9 Å². The Morgan fingerprint density at radius 3 is 2.81 bits per heavy atom. The lowest BCUT2D eigenvalue weighted by atomic mass is 9.93. The molecule has 2 N–H and O–H groups in total. The molecule has 1 atom stereocenters. The largest absolute Gasteiger partial charge is 0.460 e. The normalized spacial score (nSPS) is 19.2. The molecule has 37 heavy (non-hydrogen) atoms. The number of rotatable bonds is 4. The molecule has 2 fully saturated rings. The van der Waals surface area contributed by atoms with Gasteiger partial charge in [0.25, 0.3) is 11.8 Å². The van der Waals surface area contributed by atoms with Crippen molar-refractivity contribution in [3.05, 3.63) is 59.1 Å². The molecule has 0 radical (unpaired) electrons. The smallest absolute Gasteiger partial charge is 0.256 e. The van der Waals surface area contributed by atoms with Crippen LogP contribution in [0.25, 0.3) is 16.5 Å². The first-order valence-corrected chi connectivity index (χ1v) is 12.3. The molecular weight excluding hydrogens is 474 g/mol. The number of aromatic nitrogens is 2. The molecule has 10 nitrogen and oxygen atoms in total. The summed E-state index contributed by atoms with van der Waals surface area (Å²) in [5.41, 5.74) is 2.17. The fourth-order valence-electron chi connectivity index (χ4n) is 5.80. The SMILES string of the molecule is CNC(=O)c1c(C)oc2cc(Oc3ccnn4cc(C(=O)N5CCC[C@]56CCNC6=O)c(C)c34)ccc12. The molecule has 0 unspecified atom stereocenters. The van der Waals surface area contributed by atoms with E-state index in [2.05, 4.69) is 15.7 Å². The molecular formula is C27H27N5O5. The van der Waals surface area contributed by atoms with Gasteiger partial charge in [-0.05, 0) is 50.8 Å². The van der Waals surface area contributed by atoms with Crippen molar-refractivity contribution in [1.82, 2.24) is 25.1 Å². The summed E-state index contributed by atoms with van der Waals surface area (Å²) in [6, 6.07) is 7.05. The monoisotopic (exact) mass is 501 g/mol. The summed E-state index contributed by atoms with van der Waals surface area (Å²) in [6.45, 7) is 4.75. The lowest BCUT2D eigenvalue weighted by molar-refractivity contribution is -0.127. The number of ether oxygens (including phenoxy) is 1. The lowest BCUT2D eigenvalue weighted by Crippen LogP contribution is -2.52. The highest BCUT2D eigenvalue weighted by Gasteiger charge is 2.52. The molecule has 2 aliphatic heterocycles. The van der Waals surface area contributed by atoms with Gasteiger partial charge in [-0.15, -0.1) is 0 Å². The van der Waals surface area contributed by atoms with Crippen LogP contribution in [0.3, 0.4) is 0 Å². The lowest BCUT2D eigenvalue weighted by Gasteiger charge is -2.32. The maximum absolute atomic E-state index is 13.7. The molecule has 2 aliphatic rings. The minimum atomic E-state index is -0.755. The van der Waals surface area contributed by atoms with Crippen molar-refractivity contribution >= 4 is 34.2 Å². The molecule has 0 aliphatic carbocycles. The number of furan rings is 1. The molecule has 5 heterocycles. The Hall–Kier alpha value is -4.34. The molecule has 1 aromatic carbocycles. The summed E-state index contributed by atoms with van der Waals surface area (Å²) in [7, 11) is 1.58. The summed E-state index contributed by atoms with van der Waals surface area (Å²) in [5, 5.41) is 10.6. The van der Waals surface area contributed by atoms with Gasteiger partial charge in [0, 0.05) is 43.9 Å². The predicted octanol–water partition coefficient (Wildman–Crippen LogP) is 3.34. The number of hydrogen-bond acceptors (Lipinski definition) is 6. The van der Waals surface area contributed by atoms with E-state index in [9.17, 15) is 14.4 Å². The Bertz CT molecular complexity index is 1600. The van der Waals surface area contributed by atoms with Crippen molar-refractivity contribution in [2.24, 2.45) is 0 Å². The van der Waals surface area contributed by atoms with Crippen LogP contribution >= 0.6 is 0 Å². The van der Waals surface area contributed by atoms with Crippen LogP contribution in [0.1, 0.15) is 51.3 Å². The minimum Gasteiger partial charge on any atom is -0.460 e. The van der Waals surface area contributed by atoms with E-state index in [0.717, 1.165) is 12.0 Å². The summed E-state index contributed by atoms with van der Waals surface area (Å²) in [4.78, 5) is 40.3. The summed E-state index contributed by atoms with van der Waals surface area (Å²) in [6.07, 6.45) is 5.42. The average molecular weight is 502 g/mol. The quantitative estimate of drug-likeness (QED) is 0.443. The molecule has 4 aromatic rings. The summed E-state index contributed by atoms with van der Waals surface area (Å²) >= 11 is 0. The first kappa shape index (κ1) is 23.1. The van der Waals surface area contributed by atoms with Crippen LogP contribution in [0.2, 0.25) is 0 Å². The fraction of sp³-hybridized carbons (Fsp3) is 0.333. The topological polar surface area (TPSA) is 118 Å². The molecule has 1 spiro atoms. The second-order valence-corrected chi connectivity index (χ2v) is 9.63. The van der Waals surface area contributed by atoms with E-state index in [1.54, 1.807) is 60.0 Å². The number of likely N-dealkylation sites (tertiary alicyclic amines) is 1. The van der Waals surface area contributed by atoms with Gasteiger partial charge in [-0.1, -0.05) is 0 Å². The second kappa shape index (κ2) is 8.36. The molecule has 0 saturated carbocycles. The number of amides is 3. The van der Waals surface area contributed by atoms with E-state index in [4.69, 9.17) is 9.15 Å². The number of aryl methyl sites for hydroxylation is 2. The zero-order chi connectivity index (χ0) is 25.9. The Morgan fingerprint density at radius 2 is 2.05 bits per heavy atom. The second-order valence-electron chi connectivity index (χ2n) is 9.63. The zero-order valence-electron chi connectivity index (χ0n) is 20.9. The third-order valence-electron chi connectivity index (χ3n) is 7.62. The fourth-order valence-corrected chi connectivity index (χ4v) is 5.80. The minimum absolute atomic E-state index is 0.0648. The molecule has 190 valence electrons. The van der Waals surface area contributed by atoms with Crippen LogP contribution in [0.15, 0.2) is 41.1 Å². The van der Waals surface area contributed by atoms with E-state index in [1.165, 1.54) is 0 Å². The third kappa shape index (κ3) is 3.39. The number of nitrogens with one attached hydrogen (secondary N) is 2. The number of fused-ring (bicyclic) bond motifs is 2. The molecule has 0 bridgehead atoms. The Morgan fingerprint density at radius 1 is 1.22 bits per heavy atom. The highest BCUT2D eigenvalue weighted by molar-refractivity contribution is 6.07. The van der Waals surface area contributed by atoms with Gasteiger partial charge in [-0.25, -0.2) is 4.52 Å². The van der Waals surface area contributed by atoms with Crippen LogP contribution in [0.4, 0.5) is 0 Å². The maximum atomic E-state index is 13.7. The van der Waals surface area contributed by atoms with Crippen molar-refractivity contribution in [1.29, 1.82) is 0 Å². The van der Waals surface area contributed by atoms with E-state index >= 15 is 0 Å². The number of hydrogen-bond donors (Lipinski definition) is 2. The van der Waals surface area contributed by atoms with E-state index in [0.29, 0.717) is 70.8 Å². The average Bonchev–Trinajstić information content (AvgIpc) is 3.64. The van der Waals surface area contributed by atoms with E-state index < -0.39 is 5.54 Å². The Labute approximate surface area is 212 Å². The van der Waals surface area contributed by atoms with Gasteiger partial charge in [0.2, 0.25) is 5.91 Å². The standard InChI is InChI=1S/C27H27N5O5/c1-15-19(25(34)31-12-4-8-27(31)9-11-29-26(27)35)14-32-23(15)20(7-10-30-32)37-17-5-6-18-21(13-17)36-16(2)22(18)24(33)28-3/h5-7,10,13-14H,4,8-9,11-12H2,1-3H3,(H,28,33)(H,29,35)/t27-/m1/s1. The maximum Gasteiger partial charge on any atom is 0.256 e. The van der Waals surface area contributed by atoms with Crippen molar-refractivity contribution in [3.63, 3.8) is 0 Å². The Balaban J connectivity index is 1.36. The number of carbonyl (C=O) groups is 3.